The zero-order valence-electron chi connectivity index (χ0n) is 11.6. The Kier molecular flexibility index (Phi) is 4.60. The van der Waals surface area contributed by atoms with Gasteiger partial charge < -0.3 is 5.32 Å². The van der Waals surface area contributed by atoms with Gasteiger partial charge in [0.15, 0.2) is 0 Å². The minimum atomic E-state index is -3.38. The smallest absolute Gasteiger partial charge is 0.243 e. The van der Waals surface area contributed by atoms with E-state index < -0.39 is 10.0 Å². The molecule has 0 aliphatic carbocycles. The fraction of sp³-hybridized carbons (Fsp3) is 0.571. The van der Waals surface area contributed by atoms with Gasteiger partial charge >= 0.3 is 0 Å². The van der Waals surface area contributed by atoms with Gasteiger partial charge in [-0.25, -0.2) is 8.42 Å². The second kappa shape index (κ2) is 6.03. The molecule has 0 aromatic heterocycles. The Morgan fingerprint density at radius 2 is 2.11 bits per heavy atom. The van der Waals surface area contributed by atoms with Crippen molar-refractivity contribution in [1.29, 1.82) is 0 Å². The molecular formula is C14H22N2O2S. The zero-order chi connectivity index (χ0) is 13.9. The second-order valence-corrected chi connectivity index (χ2v) is 6.89. The Morgan fingerprint density at radius 1 is 1.37 bits per heavy atom. The predicted molar refractivity (Wildman–Crippen MR) is 76.6 cm³/mol. The molecule has 1 atom stereocenters. The van der Waals surface area contributed by atoms with Crippen molar-refractivity contribution in [2.45, 2.75) is 37.6 Å². The lowest BCUT2D eigenvalue weighted by Crippen LogP contribution is -2.42. The van der Waals surface area contributed by atoms with Crippen LogP contribution in [-0.4, -0.2) is 38.4 Å². The van der Waals surface area contributed by atoms with E-state index in [0.717, 1.165) is 31.5 Å². The number of nitrogens with one attached hydrogen (secondary N) is 1. The van der Waals surface area contributed by atoms with Crippen LogP contribution in [0.1, 0.15) is 25.3 Å². The minimum Gasteiger partial charge on any atom is -0.315 e. The number of rotatable bonds is 5. The molecule has 2 rings (SSSR count). The van der Waals surface area contributed by atoms with Crippen LogP contribution in [0.25, 0.3) is 0 Å². The van der Waals surface area contributed by atoms with Gasteiger partial charge in [0, 0.05) is 19.1 Å². The summed E-state index contributed by atoms with van der Waals surface area (Å²) in [4.78, 5) is 0.440. The summed E-state index contributed by atoms with van der Waals surface area (Å²) in [5.74, 6) is 0. The molecule has 0 saturated carbocycles. The van der Waals surface area contributed by atoms with E-state index in [9.17, 15) is 8.42 Å². The van der Waals surface area contributed by atoms with Crippen LogP contribution in [0.15, 0.2) is 29.2 Å². The first-order chi connectivity index (χ1) is 9.07. The van der Waals surface area contributed by atoms with Crippen molar-refractivity contribution in [3.63, 3.8) is 0 Å². The maximum atomic E-state index is 12.8. The summed E-state index contributed by atoms with van der Waals surface area (Å²) in [5, 5.41) is 3.24. The Morgan fingerprint density at radius 3 is 2.68 bits per heavy atom. The average molecular weight is 282 g/mol. The van der Waals surface area contributed by atoms with Crippen LogP contribution in [0.3, 0.4) is 0 Å². The standard InChI is InChI=1S/C14H22N2O2S/c1-3-10-16(13-8-9-15-11-13)19(17,18)14-7-5-4-6-12(14)2/h4-7,13,15H,3,8-11H2,1-2H3. The molecule has 0 radical (unpaired) electrons. The number of aryl methyl sites for hydroxylation is 1. The number of benzene rings is 1. The van der Waals surface area contributed by atoms with Crippen molar-refractivity contribution in [1.82, 2.24) is 9.62 Å². The molecule has 4 nitrogen and oxygen atoms in total. The Bertz CT molecular complexity index is 522. The molecule has 1 N–H and O–H groups in total. The van der Waals surface area contributed by atoms with Gasteiger partial charge in [0.05, 0.1) is 4.90 Å². The second-order valence-electron chi connectivity index (χ2n) is 5.03. The van der Waals surface area contributed by atoms with Crippen LogP contribution in [0, 0.1) is 6.92 Å². The first-order valence-corrected chi connectivity index (χ1v) is 8.29. The van der Waals surface area contributed by atoms with E-state index in [-0.39, 0.29) is 6.04 Å². The molecule has 106 valence electrons. The summed E-state index contributed by atoms with van der Waals surface area (Å²) in [7, 11) is -3.38. The monoisotopic (exact) mass is 282 g/mol. The molecule has 1 aliphatic heterocycles. The first-order valence-electron chi connectivity index (χ1n) is 6.85. The van der Waals surface area contributed by atoms with Crippen LogP contribution in [0.2, 0.25) is 0 Å². The van der Waals surface area contributed by atoms with E-state index in [1.165, 1.54) is 0 Å². The van der Waals surface area contributed by atoms with Crippen molar-refractivity contribution >= 4 is 10.0 Å². The van der Waals surface area contributed by atoms with Crippen LogP contribution >= 0.6 is 0 Å². The number of nitrogens with zero attached hydrogens (tertiary/aromatic N) is 1. The van der Waals surface area contributed by atoms with Crippen molar-refractivity contribution in [3.05, 3.63) is 29.8 Å². The quantitative estimate of drug-likeness (QED) is 0.895. The highest BCUT2D eigenvalue weighted by atomic mass is 32.2. The van der Waals surface area contributed by atoms with Gasteiger partial charge in [0.25, 0.3) is 0 Å². The summed E-state index contributed by atoms with van der Waals surface area (Å²) in [6.45, 7) is 6.11. The molecule has 1 aromatic rings. The molecule has 19 heavy (non-hydrogen) atoms. The third-order valence-corrected chi connectivity index (χ3v) is 5.68. The van der Waals surface area contributed by atoms with Gasteiger partial charge in [0.1, 0.15) is 0 Å². The van der Waals surface area contributed by atoms with Crippen molar-refractivity contribution in [2.24, 2.45) is 0 Å². The molecule has 0 spiro atoms. The van der Waals surface area contributed by atoms with E-state index in [4.69, 9.17) is 0 Å². The number of sulfonamides is 1. The van der Waals surface area contributed by atoms with Crippen molar-refractivity contribution in [2.75, 3.05) is 19.6 Å². The van der Waals surface area contributed by atoms with E-state index in [0.29, 0.717) is 11.4 Å². The highest BCUT2D eigenvalue weighted by Crippen LogP contribution is 2.23. The molecule has 1 aliphatic rings. The van der Waals surface area contributed by atoms with E-state index >= 15 is 0 Å². The van der Waals surface area contributed by atoms with E-state index in [1.807, 2.05) is 26.0 Å². The van der Waals surface area contributed by atoms with E-state index in [1.54, 1.807) is 16.4 Å². The molecule has 5 heteroatoms. The van der Waals surface area contributed by atoms with Crippen molar-refractivity contribution in [3.8, 4) is 0 Å². The fourth-order valence-corrected chi connectivity index (χ4v) is 4.55. The van der Waals surface area contributed by atoms with E-state index in [2.05, 4.69) is 5.32 Å². The summed E-state index contributed by atoms with van der Waals surface area (Å²) in [6, 6.07) is 7.30. The summed E-state index contributed by atoms with van der Waals surface area (Å²) >= 11 is 0. The lowest BCUT2D eigenvalue weighted by atomic mass is 10.2. The minimum absolute atomic E-state index is 0.0876. The molecule has 1 heterocycles. The normalized spacial score (nSPS) is 20.1. The average Bonchev–Trinajstić information content (AvgIpc) is 2.89. The third-order valence-electron chi connectivity index (χ3n) is 3.57. The maximum absolute atomic E-state index is 12.8. The van der Waals surface area contributed by atoms with Gasteiger partial charge in [-0.1, -0.05) is 25.1 Å². The first kappa shape index (κ1) is 14.5. The Labute approximate surface area is 115 Å². The molecule has 0 amide bonds. The Balaban J connectivity index is 2.36. The topological polar surface area (TPSA) is 49.4 Å². The molecule has 1 fully saturated rings. The van der Waals surface area contributed by atoms with Gasteiger partial charge in [-0.15, -0.1) is 0 Å². The largest absolute Gasteiger partial charge is 0.315 e. The highest BCUT2D eigenvalue weighted by molar-refractivity contribution is 7.89. The summed E-state index contributed by atoms with van der Waals surface area (Å²) < 4.78 is 27.3. The van der Waals surface area contributed by atoms with Crippen LogP contribution < -0.4 is 5.32 Å². The van der Waals surface area contributed by atoms with Crippen LogP contribution in [0.4, 0.5) is 0 Å². The lowest BCUT2D eigenvalue weighted by Gasteiger charge is -2.27. The molecule has 1 unspecified atom stereocenters. The molecule has 1 saturated heterocycles. The van der Waals surface area contributed by atoms with Crippen LogP contribution in [0.5, 0.6) is 0 Å². The zero-order valence-corrected chi connectivity index (χ0v) is 12.4. The fourth-order valence-electron chi connectivity index (χ4n) is 2.58. The number of hydrogen-bond donors (Lipinski definition) is 1. The molecular weight excluding hydrogens is 260 g/mol. The van der Waals surface area contributed by atoms with Gasteiger partial charge in [-0.05, 0) is 37.9 Å². The van der Waals surface area contributed by atoms with Gasteiger partial charge in [-0.3, -0.25) is 0 Å². The van der Waals surface area contributed by atoms with Gasteiger partial charge in [0.2, 0.25) is 10.0 Å². The third kappa shape index (κ3) is 2.99. The predicted octanol–water partition coefficient (Wildman–Crippen LogP) is 1.76. The van der Waals surface area contributed by atoms with Crippen LogP contribution in [-0.2, 0) is 10.0 Å². The molecule has 1 aromatic carbocycles. The number of hydrogen-bond acceptors (Lipinski definition) is 3. The summed E-state index contributed by atoms with van der Waals surface area (Å²) in [6.07, 6.45) is 1.73. The maximum Gasteiger partial charge on any atom is 0.243 e. The SMILES string of the molecule is CCCN(C1CCNC1)S(=O)(=O)c1ccccc1C. The lowest BCUT2D eigenvalue weighted by molar-refractivity contribution is 0.335. The van der Waals surface area contributed by atoms with Crippen molar-refractivity contribution < 1.29 is 8.42 Å². The molecule has 0 bridgehead atoms. The summed E-state index contributed by atoms with van der Waals surface area (Å²) in [5.41, 5.74) is 0.814. The highest BCUT2D eigenvalue weighted by Gasteiger charge is 2.33. The Hall–Kier alpha value is -0.910. The van der Waals surface area contributed by atoms with Gasteiger partial charge in [-0.2, -0.15) is 4.31 Å².